The molecule has 0 radical (unpaired) electrons. The number of carbonyl (C=O) groups excluding carboxylic acids is 2. The van der Waals surface area contributed by atoms with Crippen molar-refractivity contribution in [2.24, 2.45) is 5.41 Å². The van der Waals surface area contributed by atoms with Gasteiger partial charge in [0, 0.05) is 16.3 Å². The summed E-state index contributed by atoms with van der Waals surface area (Å²) in [5.41, 5.74) is 1.15. The van der Waals surface area contributed by atoms with E-state index >= 15 is 0 Å². The van der Waals surface area contributed by atoms with Gasteiger partial charge < -0.3 is 0 Å². The van der Waals surface area contributed by atoms with E-state index in [1.165, 1.54) is 4.90 Å². The number of fused-ring (bicyclic) bond motifs is 1. The molecule has 0 unspecified atom stereocenters. The summed E-state index contributed by atoms with van der Waals surface area (Å²) in [6.45, 7) is 0.530. The van der Waals surface area contributed by atoms with E-state index in [9.17, 15) is 9.59 Å². The fourth-order valence-corrected chi connectivity index (χ4v) is 3.35. The third-order valence-corrected chi connectivity index (χ3v) is 5.35. The molecule has 0 spiro atoms. The van der Waals surface area contributed by atoms with Gasteiger partial charge in [-0.05, 0) is 36.5 Å². The number of carbonyl (C=O) groups is 2. The normalized spacial score (nSPS) is 20.2. The molecule has 3 rings (SSSR count). The topological polar surface area (TPSA) is 37.4 Å². The van der Waals surface area contributed by atoms with Crippen LogP contribution in [0, 0.1) is 5.41 Å². The Morgan fingerprint density at radius 1 is 1.17 bits per heavy atom. The first kappa shape index (κ1) is 12.4. The van der Waals surface area contributed by atoms with Gasteiger partial charge in [0.25, 0.3) is 11.8 Å². The molecule has 94 valence electrons. The van der Waals surface area contributed by atoms with Crippen LogP contribution in [0.25, 0.3) is 0 Å². The molecule has 0 bridgehead atoms. The molecule has 1 aromatic rings. The van der Waals surface area contributed by atoms with Crippen molar-refractivity contribution in [2.45, 2.75) is 12.8 Å². The molecule has 1 aromatic carbocycles. The van der Waals surface area contributed by atoms with Crippen molar-refractivity contribution in [3.8, 4) is 0 Å². The number of hydrogen-bond donors (Lipinski definition) is 0. The van der Waals surface area contributed by atoms with Crippen LogP contribution in [0.3, 0.4) is 0 Å². The van der Waals surface area contributed by atoms with Crippen LogP contribution in [0.4, 0.5) is 0 Å². The van der Waals surface area contributed by atoms with E-state index in [0.29, 0.717) is 17.7 Å². The summed E-state index contributed by atoms with van der Waals surface area (Å²) in [6, 6.07) is 5.24. The molecule has 5 heteroatoms. The molecule has 0 atom stereocenters. The molecule has 0 aromatic heterocycles. The van der Waals surface area contributed by atoms with E-state index < -0.39 is 0 Å². The highest BCUT2D eigenvalue weighted by molar-refractivity contribution is 9.10. The molecular weight excluding hydrogens is 362 g/mol. The first-order chi connectivity index (χ1) is 8.56. The highest BCUT2D eigenvalue weighted by Gasteiger charge is 2.47. The van der Waals surface area contributed by atoms with Crippen LogP contribution in [-0.4, -0.2) is 28.6 Å². The van der Waals surface area contributed by atoms with Crippen LogP contribution in [0.5, 0.6) is 0 Å². The number of imide groups is 1. The number of benzene rings is 1. The maximum atomic E-state index is 12.2. The van der Waals surface area contributed by atoms with Crippen LogP contribution in [0.1, 0.15) is 33.6 Å². The molecule has 1 fully saturated rings. The molecule has 0 saturated heterocycles. The number of rotatable bonds is 3. The van der Waals surface area contributed by atoms with Crippen LogP contribution >= 0.6 is 31.9 Å². The molecule has 1 aliphatic heterocycles. The van der Waals surface area contributed by atoms with Gasteiger partial charge in [-0.1, -0.05) is 31.9 Å². The largest absolute Gasteiger partial charge is 0.274 e. The lowest BCUT2D eigenvalue weighted by Crippen LogP contribution is -2.35. The van der Waals surface area contributed by atoms with Crippen LogP contribution in [-0.2, 0) is 0 Å². The molecule has 18 heavy (non-hydrogen) atoms. The first-order valence-electron chi connectivity index (χ1n) is 5.78. The Labute approximate surface area is 122 Å². The second kappa shape index (κ2) is 4.17. The van der Waals surface area contributed by atoms with Gasteiger partial charge in [0.05, 0.1) is 11.1 Å². The molecule has 1 aliphatic carbocycles. The smallest absolute Gasteiger partial charge is 0.261 e. The zero-order valence-electron chi connectivity index (χ0n) is 9.58. The zero-order chi connectivity index (χ0) is 12.9. The van der Waals surface area contributed by atoms with Crippen molar-refractivity contribution in [1.82, 2.24) is 4.90 Å². The number of halogens is 2. The summed E-state index contributed by atoms with van der Waals surface area (Å²) in [5, 5.41) is 0.844. The van der Waals surface area contributed by atoms with Crippen LogP contribution in [0.15, 0.2) is 22.7 Å². The Hall–Kier alpha value is -0.680. The highest BCUT2D eigenvalue weighted by Crippen LogP contribution is 2.48. The van der Waals surface area contributed by atoms with Crippen molar-refractivity contribution in [2.75, 3.05) is 11.9 Å². The quantitative estimate of drug-likeness (QED) is 0.603. The predicted octanol–water partition coefficient (Wildman–Crippen LogP) is 3.22. The standard InChI is InChI=1S/C13H11Br2NO2/c14-6-13(3-4-13)7-16-11(17)9-2-1-8(15)5-10(9)12(16)18/h1-2,5H,3-4,6-7H2. The average molecular weight is 373 g/mol. The maximum Gasteiger partial charge on any atom is 0.261 e. The van der Waals surface area contributed by atoms with Gasteiger partial charge in [-0.2, -0.15) is 0 Å². The van der Waals surface area contributed by atoms with E-state index in [1.807, 2.05) is 0 Å². The lowest BCUT2D eigenvalue weighted by molar-refractivity contribution is 0.0627. The molecule has 0 N–H and O–H groups in total. The van der Waals surface area contributed by atoms with Gasteiger partial charge in [0.2, 0.25) is 0 Å². The number of hydrogen-bond acceptors (Lipinski definition) is 2. The number of nitrogens with zero attached hydrogens (tertiary/aromatic N) is 1. The van der Waals surface area contributed by atoms with Crippen molar-refractivity contribution in [3.05, 3.63) is 33.8 Å². The third kappa shape index (κ3) is 1.84. The van der Waals surface area contributed by atoms with Gasteiger partial charge in [0.15, 0.2) is 0 Å². The summed E-state index contributed by atoms with van der Waals surface area (Å²) in [4.78, 5) is 25.9. The van der Waals surface area contributed by atoms with Gasteiger partial charge >= 0.3 is 0 Å². The summed E-state index contributed by atoms with van der Waals surface area (Å²) in [5.74, 6) is -0.321. The average Bonchev–Trinajstić information content (AvgIpc) is 3.10. The van der Waals surface area contributed by atoms with Crippen molar-refractivity contribution in [1.29, 1.82) is 0 Å². The Balaban J connectivity index is 1.92. The summed E-state index contributed by atoms with van der Waals surface area (Å²) in [6.07, 6.45) is 2.16. The SMILES string of the molecule is O=C1c2ccc(Br)cc2C(=O)N1CC1(CBr)CC1. The monoisotopic (exact) mass is 371 g/mol. The van der Waals surface area contributed by atoms with Crippen LogP contribution < -0.4 is 0 Å². The van der Waals surface area contributed by atoms with Crippen molar-refractivity contribution >= 4 is 43.7 Å². The van der Waals surface area contributed by atoms with Gasteiger partial charge in [-0.25, -0.2) is 0 Å². The molecular formula is C13H11Br2NO2. The lowest BCUT2D eigenvalue weighted by atomic mass is 10.1. The molecule has 2 amide bonds. The summed E-state index contributed by atoms with van der Waals surface area (Å²) in [7, 11) is 0. The maximum absolute atomic E-state index is 12.2. The number of alkyl halides is 1. The summed E-state index contributed by atoms with van der Waals surface area (Å²) < 4.78 is 0.825. The Morgan fingerprint density at radius 2 is 1.83 bits per heavy atom. The van der Waals surface area contributed by atoms with E-state index in [-0.39, 0.29) is 17.2 Å². The van der Waals surface area contributed by atoms with Crippen LogP contribution in [0.2, 0.25) is 0 Å². The minimum Gasteiger partial charge on any atom is -0.274 e. The molecule has 3 nitrogen and oxygen atoms in total. The van der Waals surface area contributed by atoms with Gasteiger partial charge in [-0.3, -0.25) is 14.5 Å². The Kier molecular flexibility index (Phi) is 2.86. The molecule has 1 saturated carbocycles. The molecule has 2 aliphatic rings. The minimum atomic E-state index is -0.163. The van der Waals surface area contributed by atoms with Crippen molar-refractivity contribution in [3.63, 3.8) is 0 Å². The third-order valence-electron chi connectivity index (χ3n) is 3.67. The lowest BCUT2D eigenvalue weighted by Gasteiger charge is -2.19. The Morgan fingerprint density at radius 3 is 2.44 bits per heavy atom. The second-order valence-electron chi connectivity index (χ2n) is 5.02. The van der Waals surface area contributed by atoms with Crippen molar-refractivity contribution < 1.29 is 9.59 Å². The van der Waals surface area contributed by atoms with E-state index in [1.54, 1.807) is 18.2 Å². The van der Waals surface area contributed by atoms with E-state index in [2.05, 4.69) is 31.9 Å². The fraction of sp³-hybridized carbons (Fsp3) is 0.385. The predicted molar refractivity (Wildman–Crippen MR) is 75.0 cm³/mol. The van der Waals surface area contributed by atoms with Gasteiger partial charge in [0.1, 0.15) is 0 Å². The second-order valence-corrected chi connectivity index (χ2v) is 6.50. The molecule has 1 heterocycles. The van der Waals surface area contributed by atoms with E-state index in [0.717, 1.165) is 22.6 Å². The van der Waals surface area contributed by atoms with Gasteiger partial charge in [-0.15, -0.1) is 0 Å². The highest BCUT2D eigenvalue weighted by atomic mass is 79.9. The fourth-order valence-electron chi connectivity index (χ4n) is 2.25. The Bertz CT molecular complexity index is 552. The first-order valence-corrected chi connectivity index (χ1v) is 7.69. The van der Waals surface area contributed by atoms with E-state index in [4.69, 9.17) is 0 Å². The zero-order valence-corrected chi connectivity index (χ0v) is 12.8. The number of amides is 2. The minimum absolute atomic E-state index is 0.116. The summed E-state index contributed by atoms with van der Waals surface area (Å²) >= 11 is 6.80.